The van der Waals surface area contributed by atoms with Crippen LogP contribution in [0.2, 0.25) is 0 Å². The van der Waals surface area contributed by atoms with Crippen molar-refractivity contribution < 1.29 is 19.0 Å². The summed E-state index contributed by atoms with van der Waals surface area (Å²) in [6.45, 7) is 5.11. The Morgan fingerprint density at radius 3 is 2.47 bits per heavy atom. The van der Waals surface area contributed by atoms with Crippen LogP contribution >= 0.6 is 0 Å². The largest absolute Gasteiger partial charge is 0.467 e. The number of benzene rings is 1. The molecular weight excluding hydrogens is 244 g/mol. The maximum Gasteiger partial charge on any atom is 0.338 e. The normalized spacial score (nSPS) is 26.5. The third-order valence-electron chi connectivity index (χ3n) is 3.14. The first-order chi connectivity index (χ1) is 9.03. The quantitative estimate of drug-likeness (QED) is 0.769. The fourth-order valence-corrected chi connectivity index (χ4v) is 2.07. The van der Waals surface area contributed by atoms with Gasteiger partial charge in [0.05, 0.1) is 20.3 Å². The van der Waals surface area contributed by atoms with E-state index in [0.717, 1.165) is 5.56 Å². The Hall–Kier alpha value is -1.39. The average Bonchev–Trinajstić information content (AvgIpc) is 2.57. The summed E-state index contributed by atoms with van der Waals surface area (Å²) in [6.07, 6.45) is -1.13. The Morgan fingerprint density at radius 1 is 1.21 bits per heavy atom. The minimum Gasteiger partial charge on any atom is -0.467 e. The van der Waals surface area contributed by atoms with E-state index in [1.54, 1.807) is 0 Å². The molecule has 104 valence electrons. The van der Waals surface area contributed by atoms with Crippen molar-refractivity contribution in [2.24, 2.45) is 5.41 Å². The van der Waals surface area contributed by atoms with Crippen LogP contribution in [0.15, 0.2) is 30.3 Å². The smallest absolute Gasteiger partial charge is 0.338 e. The first-order valence-electron chi connectivity index (χ1n) is 6.39. The minimum absolute atomic E-state index is 0.115. The zero-order valence-corrected chi connectivity index (χ0v) is 11.6. The van der Waals surface area contributed by atoms with Crippen molar-refractivity contribution in [1.29, 1.82) is 0 Å². The molecule has 1 heterocycles. The van der Waals surface area contributed by atoms with Gasteiger partial charge in [0, 0.05) is 5.41 Å². The highest BCUT2D eigenvalue weighted by Crippen LogP contribution is 2.32. The van der Waals surface area contributed by atoms with Crippen LogP contribution in [0.5, 0.6) is 0 Å². The van der Waals surface area contributed by atoms with Crippen molar-refractivity contribution in [3.8, 4) is 0 Å². The summed E-state index contributed by atoms with van der Waals surface area (Å²) in [7, 11) is 1.36. The standard InChI is InChI=1S/C15H20O4/c1-15(2)9-18-12(11-7-5-4-6-8-11)13(19-10-15)14(16)17-3/h4-8,12-13H,9-10H2,1-3H3/t12-,13-/m1/s1. The summed E-state index contributed by atoms with van der Waals surface area (Å²) in [6, 6.07) is 9.63. The molecule has 1 aromatic rings. The van der Waals surface area contributed by atoms with Crippen LogP contribution in [0, 0.1) is 5.41 Å². The van der Waals surface area contributed by atoms with Gasteiger partial charge in [-0.25, -0.2) is 4.79 Å². The van der Waals surface area contributed by atoms with E-state index in [9.17, 15) is 4.79 Å². The molecule has 19 heavy (non-hydrogen) atoms. The van der Waals surface area contributed by atoms with Gasteiger partial charge < -0.3 is 14.2 Å². The lowest BCUT2D eigenvalue weighted by Crippen LogP contribution is -2.32. The SMILES string of the molecule is COC(=O)[C@@H]1OCC(C)(C)CO[C@@H]1c1ccccc1. The van der Waals surface area contributed by atoms with Gasteiger partial charge in [-0.2, -0.15) is 0 Å². The van der Waals surface area contributed by atoms with Crippen LogP contribution < -0.4 is 0 Å². The van der Waals surface area contributed by atoms with Crippen LogP contribution in [0.1, 0.15) is 25.5 Å². The van der Waals surface area contributed by atoms with E-state index in [4.69, 9.17) is 14.2 Å². The molecule has 0 saturated carbocycles. The van der Waals surface area contributed by atoms with E-state index in [-0.39, 0.29) is 5.41 Å². The molecule has 0 aliphatic carbocycles. The van der Waals surface area contributed by atoms with Gasteiger partial charge in [0.25, 0.3) is 0 Å². The molecule has 0 N–H and O–H groups in total. The molecule has 1 aliphatic heterocycles. The Morgan fingerprint density at radius 2 is 1.84 bits per heavy atom. The van der Waals surface area contributed by atoms with E-state index in [1.165, 1.54) is 7.11 Å². The summed E-state index contributed by atoms with van der Waals surface area (Å²) in [5.41, 5.74) is 0.811. The van der Waals surface area contributed by atoms with Crippen LogP contribution in [0.4, 0.5) is 0 Å². The number of carbonyl (C=O) groups excluding carboxylic acids is 1. The van der Waals surface area contributed by atoms with Gasteiger partial charge in [0.15, 0.2) is 6.10 Å². The van der Waals surface area contributed by atoms with Gasteiger partial charge in [0.2, 0.25) is 0 Å². The molecule has 0 unspecified atom stereocenters. The molecule has 0 amide bonds. The van der Waals surface area contributed by atoms with Gasteiger partial charge in [-0.05, 0) is 5.56 Å². The molecule has 1 saturated heterocycles. The van der Waals surface area contributed by atoms with Crippen molar-refractivity contribution in [2.75, 3.05) is 20.3 Å². The van der Waals surface area contributed by atoms with E-state index in [0.29, 0.717) is 13.2 Å². The van der Waals surface area contributed by atoms with Crippen LogP contribution in [0.3, 0.4) is 0 Å². The molecule has 2 atom stereocenters. The molecule has 0 bridgehead atoms. The molecule has 1 aliphatic rings. The predicted octanol–water partition coefficient (Wildman–Crippen LogP) is 2.34. The topological polar surface area (TPSA) is 44.8 Å². The second-order valence-electron chi connectivity index (χ2n) is 5.56. The van der Waals surface area contributed by atoms with Crippen molar-refractivity contribution in [2.45, 2.75) is 26.1 Å². The van der Waals surface area contributed by atoms with Crippen LogP contribution in [0.25, 0.3) is 0 Å². The average molecular weight is 264 g/mol. The highest BCUT2D eigenvalue weighted by molar-refractivity contribution is 5.75. The van der Waals surface area contributed by atoms with Crippen molar-refractivity contribution >= 4 is 5.97 Å². The molecule has 0 spiro atoms. The zero-order valence-electron chi connectivity index (χ0n) is 11.6. The second kappa shape index (κ2) is 5.72. The lowest BCUT2D eigenvalue weighted by atomic mass is 9.97. The lowest BCUT2D eigenvalue weighted by molar-refractivity contribution is -0.161. The third kappa shape index (κ3) is 3.33. The highest BCUT2D eigenvalue weighted by atomic mass is 16.6. The Balaban J connectivity index is 2.28. The highest BCUT2D eigenvalue weighted by Gasteiger charge is 2.38. The number of carbonyl (C=O) groups is 1. The molecule has 4 nitrogen and oxygen atoms in total. The summed E-state index contributed by atoms with van der Waals surface area (Å²) in [5, 5.41) is 0. The monoisotopic (exact) mass is 264 g/mol. The Labute approximate surface area is 113 Å². The number of ether oxygens (including phenoxy) is 3. The molecule has 4 heteroatoms. The van der Waals surface area contributed by atoms with Gasteiger partial charge in [-0.3, -0.25) is 0 Å². The second-order valence-corrected chi connectivity index (χ2v) is 5.56. The van der Waals surface area contributed by atoms with E-state index in [1.807, 2.05) is 30.3 Å². The van der Waals surface area contributed by atoms with Gasteiger partial charge in [-0.1, -0.05) is 44.2 Å². The molecule has 0 aromatic heterocycles. The predicted molar refractivity (Wildman–Crippen MR) is 70.7 cm³/mol. The summed E-state index contributed by atoms with van der Waals surface area (Å²) >= 11 is 0. The summed E-state index contributed by atoms with van der Waals surface area (Å²) in [5.74, 6) is -0.397. The fourth-order valence-electron chi connectivity index (χ4n) is 2.07. The van der Waals surface area contributed by atoms with E-state index >= 15 is 0 Å². The molecule has 2 rings (SSSR count). The van der Waals surface area contributed by atoms with Gasteiger partial charge in [0.1, 0.15) is 6.10 Å². The first kappa shape index (κ1) is 14.0. The molecule has 0 radical (unpaired) electrons. The third-order valence-corrected chi connectivity index (χ3v) is 3.14. The fraction of sp³-hybridized carbons (Fsp3) is 0.533. The number of hydrogen-bond acceptors (Lipinski definition) is 4. The minimum atomic E-state index is -0.714. The van der Waals surface area contributed by atoms with Crippen molar-refractivity contribution in [3.63, 3.8) is 0 Å². The molecular formula is C15H20O4. The van der Waals surface area contributed by atoms with Gasteiger partial charge >= 0.3 is 5.97 Å². The summed E-state index contributed by atoms with van der Waals surface area (Å²) in [4.78, 5) is 11.9. The lowest BCUT2D eigenvalue weighted by Gasteiger charge is -2.22. The van der Waals surface area contributed by atoms with Gasteiger partial charge in [-0.15, -0.1) is 0 Å². The Bertz CT molecular complexity index is 427. The van der Waals surface area contributed by atoms with E-state index in [2.05, 4.69) is 13.8 Å². The summed E-state index contributed by atoms with van der Waals surface area (Å²) < 4.78 is 16.5. The van der Waals surface area contributed by atoms with Crippen molar-refractivity contribution in [3.05, 3.63) is 35.9 Å². The molecule has 1 fully saturated rings. The number of esters is 1. The number of rotatable bonds is 2. The first-order valence-corrected chi connectivity index (χ1v) is 6.39. The van der Waals surface area contributed by atoms with Crippen molar-refractivity contribution in [1.82, 2.24) is 0 Å². The van der Waals surface area contributed by atoms with Crippen LogP contribution in [-0.2, 0) is 19.0 Å². The number of hydrogen-bond donors (Lipinski definition) is 0. The number of methoxy groups -OCH3 is 1. The molecule has 1 aromatic carbocycles. The van der Waals surface area contributed by atoms with Crippen LogP contribution in [-0.4, -0.2) is 32.4 Å². The maximum absolute atomic E-state index is 11.9. The maximum atomic E-state index is 11.9. The van der Waals surface area contributed by atoms with E-state index < -0.39 is 18.2 Å². The Kier molecular flexibility index (Phi) is 4.22. The zero-order chi connectivity index (χ0) is 13.9.